The SMILES string of the molecule is COCc1ccc2c3c(C(N)=O)cccc3n(Cc3ccccc3Cl)c2c1. The van der Waals surface area contributed by atoms with Gasteiger partial charge < -0.3 is 15.0 Å². The molecule has 1 aromatic heterocycles. The predicted octanol–water partition coefficient (Wildman–Crippen LogP) is 4.74. The van der Waals surface area contributed by atoms with Crippen LogP contribution in [0.5, 0.6) is 0 Å². The van der Waals surface area contributed by atoms with Crippen molar-refractivity contribution < 1.29 is 9.53 Å². The minimum absolute atomic E-state index is 0.432. The van der Waals surface area contributed by atoms with E-state index >= 15 is 0 Å². The van der Waals surface area contributed by atoms with Crippen LogP contribution in [-0.2, 0) is 17.9 Å². The molecule has 0 aliphatic rings. The molecule has 0 saturated heterocycles. The Bertz CT molecular complexity index is 1160. The van der Waals surface area contributed by atoms with E-state index in [-0.39, 0.29) is 0 Å². The molecule has 0 radical (unpaired) electrons. The van der Waals surface area contributed by atoms with E-state index in [1.54, 1.807) is 13.2 Å². The second-order valence-electron chi connectivity index (χ2n) is 6.53. The molecule has 4 nitrogen and oxygen atoms in total. The number of hydrogen-bond donors (Lipinski definition) is 1. The van der Waals surface area contributed by atoms with Gasteiger partial charge in [-0.05, 0) is 35.4 Å². The predicted molar refractivity (Wildman–Crippen MR) is 109 cm³/mol. The summed E-state index contributed by atoms with van der Waals surface area (Å²) in [5.41, 5.74) is 10.2. The van der Waals surface area contributed by atoms with Gasteiger partial charge in [-0.15, -0.1) is 0 Å². The Morgan fingerprint density at radius 2 is 1.89 bits per heavy atom. The lowest BCUT2D eigenvalue weighted by atomic mass is 10.0. The molecule has 4 rings (SSSR count). The van der Waals surface area contributed by atoms with Crippen LogP contribution in [-0.4, -0.2) is 17.6 Å². The van der Waals surface area contributed by atoms with Gasteiger partial charge in [0.15, 0.2) is 0 Å². The Hall–Kier alpha value is -2.82. The molecule has 4 aromatic rings. The fourth-order valence-electron chi connectivity index (χ4n) is 3.62. The summed E-state index contributed by atoms with van der Waals surface area (Å²) in [5, 5.41) is 2.58. The summed E-state index contributed by atoms with van der Waals surface area (Å²) in [4.78, 5) is 12.0. The average molecular weight is 379 g/mol. The number of nitrogens with zero attached hydrogens (tertiary/aromatic N) is 1. The summed E-state index contributed by atoms with van der Waals surface area (Å²) in [6.07, 6.45) is 0. The second-order valence-corrected chi connectivity index (χ2v) is 6.93. The molecule has 0 spiro atoms. The lowest BCUT2D eigenvalue weighted by molar-refractivity contribution is 0.100. The molecule has 136 valence electrons. The number of rotatable bonds is 5. The first kappa shape index (κ1) is 17.6. The van der Waals surface area contributed by atoms with Crippen molar-refractivity contribution in [1.29, 1.82) is 0 Å². The molecular formula is C22H19ClN2O2. The van der Waals surface area contributed by atoms with Crippen molar-refractivity contribution in [3.63, 3.8) is 0 Å². The Labute approximate surface area is 162 Å². The molecule has 1 amide bonds. The van der Waals surface area contributed by atoms with Crippen LogP contribution >= 0.6 is 11.6 Å². The number of ether oxygens (including phenoxy) is 1. The van der Waals surface area contributed by atoms with E-state index in [9.17, 15) is 4.79 Å². The van der Waals surface area contributed by atoms with Crippen molar-refractivity contribution in [3.8, 4) is 0 Å². The molecular weight excluding hydrogens is 360 g/mol. The van der Waals surface area contributed by atoms with Crippen LogP contribution in [0.15, 0.2) is 60.7 Å². The molecule has 0 aliphatic carbocycles. The van der Waals surface area contributed by atoms with Crippen LogP contribution in [0.3, 0.4) is 0 Å². The highest BCUT2D eigenvalue weighted by molar-refractivity contribution is 6.31. The molecule has 3 aromatic carbocycles. The zero-order valence-corrected chi connectivity index (χ0v) is 15.7. The van der Waals surface area contributed by atoms with Gasteiger partial charge in [-0.3, -0.25) is 4.79 Å². The number of halogens is 1. The van der Waals surface area contributed by atoms with E-state index in [0.29, 0.717) is 23.7 Å². The molecule has 0 aliphatic heterocycles. The fraction of sp³-hybridized carbons (Fsp3) is 0.136. The largest absolute Gasteiger partial charge is 0.380 e. The van der Waals surface area contributed by atoms with Crippen molar-refractivity contribution in [2.24, 2.45) is 5.73 Å². The summed E-state index contributed by atoms with van der Waals surface area (Å²) < 4.78 is 7.46. The zero-order valence-electron chi connectivity index (χ0n) is 14.9. The average Bonchev–Trinajstić information content (AvgIpc) is 2.97. The molecule has 0 fully saturated rings. The van der Waals surface area contributed by atoms with Gasteiger partial charge in [0.2, 0.25) is 5.91 Å². The Morgan fingerprint density at radius 3 is 2.63 bits per heavy atom. The Morgan fingerprint density at radius 1 is 1.07 bits per heavy atom. The maximum atomic E-state index is 12.0. The van der Waals surface area contributed by atoms with Crippen LogP contribution < -0.4 is 5.73 Å². The topological polar surface area (TPSA) is 57.2 Å². The van der Waals surface area contributed by atoms with Gasteiger partial charge in [0.25, 0.3) is 0 Å². The third-order valence-electron chi connectivity index (χ3n) is 4.82. The first-order valence-electron chi connectivity index (χ1n) is 8.66. The highest BCUT2D eigenvalue weighted by Crippen LogP contribution is 2.33. The molecule has 0 saturated carbocycles. The van der Waals surface area contributed by atoms with Gasteiger partial charge in [-0.2, -0.15) is 0 Å². The van der Waals surface area contributed by atoms with E-state index in [1.807, 2.05) is 48.5 Å². The van der Waals surface area contributed by atoms with Gasteiger partial charge in [0, 0.05) is 40.5 Å². The number of primary amides is 1. The number of aromatic nitrogens is 1. The van der Waals surface area contributed by atoms with Crippen LogP contribution in [0.2, 0.25) is 5.02 Å². The van der Waals surface area contributed by atoms with Crippen molar-refractivity contribution in [2.45, 2.75) is 13.2 Å². The van der Waals surface area contributed by atoms with Gasteiger partial charge in [0.05, 0.1) is 12.1 Å². The summed E-state index contributed by atoms with van der Waals surface area (Å²) >= 11 is 6.40. The Balaban J connectivity index is 2.04. The summed E-state index contributed by atoms with van der Waals surface area (Å²) in [5.74, 6) is -0.432. The monoisotopic (exact) mass is 378 g/mol. The van der Waals surface area contributed by atoms with E-state index in [0.717, 1.165) is 32.9 Å². The molecule has 0 atom stereocenters. The third-order valence-corrected chi connectivity index (χ3v) is 5.19. The van der Waals surface area contributed by atoms with E-state index in [4.69, 9.17) is 22.1 Å². The first-order chi connectivity index (χ1) is 13.1. The first-order valence-corrected chi connectivity index (χ1v) is 9.04. The molecule has 1 heterocycles. The van der Waals surface area contributed by atoms with Crippen molar-refractivity contribution in [1.82, 2.24) is 4.57 Å². The van der Waals surface area contributed by atoms with Crippen molar-refractivity contribution in [3.05, 3.63) is 82.4 Å². The van der Waals surface area contributed by atoms with E-state index in [2.05, 4.69) is 10.6 Å². The van der Waals surface area contributed by atoms with Crippen LogP contribution in [0.25, 0.3) is 21.8 Å². The maximum absolute atomic E-state index is 12.0. The second kappa shape index (κ2) is 7.06. The number of benzene rings is 3. The highest BCUT2D eigenvalue weighted by atomic mass is 35.5. The lowest BCUT2D eigenvalue weighted by Crippen LogP contribution is -2.11. The van der Waals surface area contributed by atoms with Crippen LogP contribution in [0.4, 0.5) is 0 Å². The summed E-state index contributed by atoms with van der Waals surface area (Å²) in [6.45, 7) is 1.12. The third kappa shape index (κ3) is 3.07. The molecule has 2 N–H and O–H groups in total. The van der Waals surface area contributed by atoms with Crippen molar-refractivity contribution in [2.75, 3.05) is 7.11 Å². The van der Waals surface area contributed by atoms with Gasteiger partial charge in [-0.25, -0.2) is 0 Å². The van der Waals surface area contributed by atoms with Gasteiger partial charge >= 0.3 is 0 Å². The highest BCUT2D eigenvalue weighted by Gasteiger charge is 2.17. The number of nitrogens with two attached hydrogens (primary N) is 1. The lowest BCUT2D eigenvalue weighted by Gasteiger charge is -2.10. The van der Waals surface area contributed by atoms with Crippen LogP contribution in [0, 0.1) is 0 Å². The number of methoxy groups -OCH3 is 1. The van der Waals surface area contributed by atoms with Gasteiger partial charge in [-0.1, -0.05) is 48.0 Å². The van der Waals surface area contributed by atoms with E-state index < -0.39 is 5.91 Å². The quantitative estimate of drug-likeness (QED) is 0.545. The number of amides is 1. The number of fused-ring (bicyclic) bond motifs is 3. The summed E-state index contributed by atoms with van der Waals surface area (Å²) in [7, 11) is 1.68. The number of hydrogen-bond acceptors (Lipinski definition) is 2. The van der Waals surface area contributed by atoms with Gasteiger partial charge in [0.1, 0.15) is 0 Å². The minimum atomic E-state index is -0.432. The maximum Gasteiger partial charge on any atom is 0.249 e. The normalized spacial score (nSPS) is 11.3. The smallest absolute Gasteiger partial charge is 0.249 e. The standard InChI is InChI=1S/C22H19ClN2O2/c1-27-13-14-9-10-16-20(11-14)25(12-15-5-2-3-7-18(15)23)19-8-4-6-17(21(16)19)22(24)26/h2-11H,12-13H2,1H3,(H2,24,26). The summed E-state index contributed by atoms with van der Waals surface area (Å²) in [6, 6.07) is 19.6. The number of carbonyl (C=O) groups is 1. The fourth-order valence-corrected chi connectivity index (χ4v) is 3.81. The van der Waals surface area contributed by atoms with Crippen LogP contribution in [0.1, 0.15) is 21.5 Å². The zero-order chi connectivity index (χ0) is 19.0. The molecule has 0 bridgehead atoms. The molecule has 0 unspecified atom stereocenters. The van der Waals surface area contributed by atoms with Crippen molar-refractivity contribution >= 4 is 39.3 Å². The molecule has 27 heavy (non-hydrogen) atoms. The Kier molecular flexibility index (Phi) is 4.60. The minimum Gasteiger partial charge on any atom is -0.380 e. The van der Waals surface area contributed by atoms with E-state index in [1.165, 1.54) is 0 Å². The number of carbonyl (C=O) groups excluding carboxylic acids is 1. The molecule has 5 heteroatoms.